The highest BCUT2D eigenvalue weighted by atomic mass is 32.2. The van der Waals surface area contributed by atoms with Gasteiger partial charge in [-0.2, -0.15) is 8.42 Å². The third-order valence-electron chi connectivity index (χ3n) is 4.49. The first-order valence-corrected chi connectivity index (χ1v) is 12.0. The quantitative estimate of drug-likeness (QED) is 0.293. The van der Waals surface area contributed by atoms with E-state index in [2.05, 4.69) is 0 Å². The molecule has 1 aliphatic rings. The van der Waals surface area contributed by atoms with Crippen LogP contribution in [0, 0.1) is 0 Å². The minimum Gasteiger partial charge on any atom is -0.378 e. The fraction of sp³-hybridized carbons (Fsp3) is 0.0435. The van der Waals surface area contributed by atoms with Gasteiger partial charge in [0.25, 0.3) is 5.91 Å². The van der Waals surface area contributed by atoms with Crippen LogP contribution in [0.1, 0.15) is 11.1 Å². The number of thioether (sulfide) groups is 1. The molecule has 0 aromatic heterocycles. The van der Waals surface area contributed by atoms with Crippen LogP contribution in [0.2, 0.25) is 0 Å². The van der Waals surface area contributed by atoms with Crippen LogP contribution in [0.3, 0.4) is 0 Å². The predicted octanol–water partition coefficient (Wildman–Crippen LogP) is 4.86. The Balaban J connectivity index is 1.60. The van der Waals surface area contributed by atoms with Crippen LogP contribution in [0.15, 0.2) is 94.7 Å². The van der Waals surface area contributed by atoms with Gasteiger partial charge in [-0.1, -0.05) is 90.7 Å². The lowest BCUT2D eigenvalue weighted by atomic mass is 10.2. The highest BCUT2D eigenvalue weighted by Gasteiger charge is 2.32. The summed E-state index contributed by atoms with van der Waals surface area (Å²) in [5.41, 5.74) is 1.44. The van der Waals surface area contributed by atoms with Gasteiger partial charge in [-0.15, -0.1) is 0 Å². The normalized spacial score (nSPS) is 15.5. The van der Waals surface area contributed by atoms with Crippen LogP contribution >= 0.6 is 24.0 Å². The average molecular weight is 468 g/mol. The summed E-state index contributed by atoms with van der Waals surface area (Å²) in [6.07, 6.45) is 1.61. The Morgan fingerprint density at radius 3 is 2.23 bits per heavy atom. The highest BCUT2D eigenvalue weighted by Crippen LogP contribution is 2.35. The molecular weight excluding hydrogens is 450 g/mol. The summed E-state index contributed by atoms with van der Waals surface area (Å²) < 4.78 is 31.1. The van der Waals surface area contributed by atoms with Crippen LogP contribution in [0.25, 0.3) is 6.08 Å². The van der Waals surface area contributed by atoms with Gasteiger partial charge in [0.15, 0.2) is 0 Å². The molecule has 1 heterocycles. The predicted molar refractivity (Wildman–Crippen MR) is 126 cm³/mol. The van der Waals surface area contributed by atoms with E-state index in [1.807, 2.05) is 30.3 Å². The number of rotatable bonds is 6. The molecule has 0 atom stereocenters. The zero-order valence-electron chi connectivity index (χ0n) is 16.2. The van der Waals surface area contributed by atoms with Crippen molar-refractivity contribution in [2.75, 3.05) is 0 Å². The van der Waals surface area contributed by atoms with Gasteiger partial charge < -0.3 is 4.18 Å². The van der Waals surface area contributed by atoms with E-state index in [0.717, 1.165) is 5.56 Å². The minimum atomic E-state index is -4.00. The molecule has 31 heavy (non-hydrogen) atoms. The zero-order chi connectivity index (χ0) is 21.8. The second-order valence-corrected chi connectivity index (χ2v) is 9.86. The molecule has 0 unspecified atom stereocenters. The first kappa shape index (κ1) is 21.3. The lowest BCUT2D eigenvalue weighted by Gasteiger charge is -2.14. The van der Waals surface area contributed by atoms with Gasteiger partial charge in [-0.25, -0.2) is 0 Å². The van der Waals surface area contributed by atoms with Crippen molar-refractivity contribution in [2.45, 2.75) is 11.4 Å². The van der Waals surface area contributed by atoms with E-state index >= 15 is 0 Å². The molecule has 5 nitrogen and oxygen atoms in total. The van der Waals surface area contributed by atoms with E-state index in [9.17, 15) is 13.2 Å². The van der Waals surface area contributed by atoms with E-state index < -0.39 is 10.1 Å². The van der Waals surface area contributed by atoms with Crippen molar-refractivity contribution in [1.29, 1.82) is 0 Å². The van der Waals surface area contributed by atoms with Gasteiger partial charge in [0.1, 0.15) is 15.0 Å². The molecule has 0 aliphatic carbocycles. The fourth-order valence-corrected chi connectivity index (χ4v) is 5.19. The standard InChI is InChI=1S/C23H17NO4S3/c25-22-21(30-23(29)24(22)16-17-9-3-1-4-10-17)15-18-11-7-8-14-20(18)28-31(26,27)19-12-5-2-6-13-19/h1-15H,16H2. The van der Waals surface area contributed by atoms with Crippen LogP contribution < -0.4 is 4.18 Å². The number of carbonyl (C=O) groups excluding carboxylic acids is 1. The number of hydrogen-bond donors (Lipinski definition) is 0. The van der Waals surface area contributed by atoms with E-state index in [1.54, 1.807) is 48.5 Å². The minimum absolute atomic E-state index is 0.0546. The second-order valence-electron chi connectivity index (χ2n) is 6.64. The largest absolute Gasteiger partial charge is 0.378 e. The lowest BCUT2D eigenvalue weighted by molar-refractivity contribution is -0.122. The van der Waals surface area contributed by atoms with Gasteiger partial charge >= 0.3 is 10.1 Å². The van der Waals surface area contributed by atoms with Crippen molar-refractivity contribution in [3.05, 3.63) is 101 Å². The summed E-state index contributed by atoms with van der Waals surface area (Å²) >= 11 is 6.58. The average Bonchev–Trinajstić information content (AvgIpc) is 3.04. The number of hydrogen-bond acceptors (Lipinski definition) is 6. The molecule has 1 aliphatic heterocycles. The Bertz CT molecular complexity index is 1260. The maximum Gasteiger partial charge on any atom is 0.339 e. The van der Waals surface area contributed by atoms with Crippen LogP contribution in [0.4, 0.5) is 0 Å². The summed E-state index contributed by atoms with van der Waals surface area (Å²) in [6.45, 7) is 0.378. The summed E-state index contributed by atoms with van der Waals surface area (Å²) in [5, 5.41) is 0. The van der Waals surface area contributed by atoms with Crippen LogP contribution in [-0.4, -0.2) is 23.5 Å². The summed E-state index contributed by atoms with van der Waals surface area (Å²) in [6, 6.07) is 24.2. The molecule has 0 saturated carbocycles. The van der Waals surface area contributed by atoms with Gasteiger partial charge in [-0.3, -0.25) is 9.69 Å². The van der Waals surface area contributed by atoms with Crippen LogP contribution in [0.5, 0.6) is 5.75 Å². The molecule has 0 N–H and O–H groups in total. The second kappa shape index (κ2) is 9.05. The van der Waals surface area contributed by atoms with Crippen molar-refractivity contribution in [1.82, 2.24) is 4.90 Å². The number of nitrogens with zero attached hydrogens (tertiary/aromatic N) is 1. The molecule has 4 rings (SSSR count). The number of benzene rings is 3. The van der Waals surface area contributed by atoms with Gasteiger partial charge in [0, 0.05) is 5.56 Å². The van der Waals surface area contributed by atoms with E-state index in [-0.39, 0.29) is 16.6 Å². The highest BCUT2D eigenvalue weighted by molar-refractivity contribution is 8.26. The van der Waals surface area contributed by atoms with Gasteiger partial charge in [0.2, 0.25) is 0 Å². The molecule has 3 aromatic carbocycles. The van der Waals surface area contributed by atoms with Crippen molar-refractivity contribution < 1.29 is 17.4 Å². The zero-order valence-corrected chi connectivity index (χ0v) is 18.6. The maximum absolute atomic E-state index is 12.9. The molecule has 0 bridgehead atoms. The molecule has 1 amide bonds. The van der Waals surface area contributed by atoms with Crippen molar-refractivity contribution in [3.8, 4) is 5.75 Å². The summed E-state index contributed by atoms with van der Waals surface area (Å²) in [4.78, 5) is 14.9. The van der Waals surface area contributed by atoms with E-state index in [0.29, 0.717) is 21.3 Å². The van der Waals surface area contributed by atoms with E-state index in [1.165, 1.54) is 28.8 Å². The monoisotopic (exact) mass is 467 g/mol. The molecule has 8 heteroatoms. The van der Waals surface area contributed by atoms with Crippen LogP contribution in [-0.2, 0) is 21.5 Å². The Morgan fingerprint density at radius 2 is 1.52 bits per heavy atom. The topological polar surface area (TPSA) is 63.7 Å². The third kappa shape index (κ3) is 4.87. The van der Waals surface area contributed by atoms with E-state index in [4.69, 9.17) is 16.4 Å². The van der Waals surface area contributed by atoms with Crippen molar-refractivity contribution in [2.24, 2.45) is 0 Å². The molecule has 0 radical (unpaired) electrons. The maximum atomic E-state index is 12.9. The molecule has 156 valence electrons. The Labute approximate surface area is 190 Å². The summed E-state index contributed by atoms with van der Waals surface area (Å²) in [5.74, 6) is -0.0840. The first-order chi connectivity index (χ1) is 14.9. The van der Waals surface area contributed by atoms with Gasteiger partial charge in [-0.05, 0) is 29.8 Å². The smallest absolute Gasteiger partial charge is 0.339 e. The number of amides is 1. The number of carbonyl (C=O) groups is 1. The molecule has 1 saturated heterocycles. The Hall–Kier alpha value is -2.94. The first-order valence-electron chi connectivity index (χ1n) is 9.32. The molecule has 0 spiro atoms. The number of para-hydroxylation sites is 1. The van der Waals surface area contributed by atoms with Gasteiger partial charge in [0.05, 0.1) is 11.4 Å². The SMILES string of the molecule is O=C1C(=Cc2ccccc2OS(=O)(=O)c2ccccc2)SC(=S)N1Cc1ccccc1. The Kier molecular flexibility index (Phi) is 6.22. The summed E-state index contributed by atoms with van der Waals surface area (Å²) in [7, 11) is -4.00. The van der Waals surface area contributed by atoms with Crippen molar-refractivity contribution >= 4 is 50.4 Å². The van der Waals surface area contributed by atoms with Crippen molar-refractivity contribution in [3.63, 3.8) is 0 Å². The molecule has 1 fully saturated rings. The molecular formula is C23H17NO4S3. The number of thiocarbonyl (C=S) groups is 1. The lowest BCUT2D eigenvalue weighted by Crippen LogP contribution is -2.27. The third-order valence-corrected chi connectivity index (χ3v) is 7.12. The fourth-order valence-electron chi connectivity index (χ4n) is 2.97. The molecule has 3 aromatic rings. The Morgan fingerprint density at radius 1 is 0.903 bits per heavy atom.